The average Bonchev–Trinajstić information content (AvgIpc) is 3.35. The molecular formula is C27H36IN5O. The Morgan fingerprint density at radius 3 is 2.74 bits per heavy atom. The van der Waals surface area contributed by atoms with Crippen molar-refractivity contribution in [2.75, 3.05) is 19.7 Å². The highest BCUT2D eigenvalue weighted by atomic mass is 127. The van der Waals surface area contributed by atoms with E-state index in [-0.39, 0.29) is 30.1 Å². The third kappa shape index (κ3) is 7.56. The normalized spacial score (nSPS) is 18.2. The minimum Gasteiger partial charge on any atom is -0.373 e. The first-order valence-electron chi connectivity index (χ1n) is 11.9. The van der Waals surface area contributed by atoms with E-state index in [1.54, 1.807) is 0 Å². The van der Waals surface area contributed by atoms with E-state index in [1.165, 1.54) is 22.3 Å². The molecule has 0 aliphatic carbocycles. The molecule has 1 saturated heterocycles. The van der Waals surface area contributed by atoms with Crippen molar-refractivity contribution in [2.24, 2.45) is 10.9 Å². The van der Waals surface area contributed by atoms with E-state index < -0.39 is 0 Å². The maximum absolute atomic E-state index is 6.19. The lowest BCUT2D eigenvalue weighted by Crippen LogP contribution is -2.42. The van der Waals surface area contributed by atoms with Gasteiger partial charge in [-0.1, -0.05) is 54.1 Å². The molecule has 1 aliphatic heterocycles. The van der Waals surface area contributed by atoms with Gasteiger partial charge in [0.15, 0.2) is 5.96 Å². The zero-order valence-corrected chi connectivity index (χ0v) is 22.4. The van der Waals surface area contributed by atoms with Crippen molar-refractivity contribution in [2.45, 2.75) is 45.9 Å². The molecule has 1 aromatic heterocycles. The number of hydrogen-bond acceptors (Lipinski definition) is 3. The van der Waals surface area contributed by atoms with E-state index in [0.717, 1.165) is 45.0 Å². The molecule has 182 valence electrons. The lowest BCUT2D eigenvalue weighted by Gasteiger charge is -2.32. The minimum atomic E-state index is 0. The molecule has 0 amide bonds. The van der Waals surface area contributed by atoms with Crippen LogP contribution in [0.15, 0.2) is 72.2 Å². The summed E-state index contributed by atoms with van der Waals surface area (Å²) < 4.78 is 8.26. The van der Waals surface area contributed by atoms with Gasteiger partial charge in [-0.05, 0) is 43.4 Å². The summed E-state index contributed by atoms with van der Waals surface area (Å²) in [4.78, 5) is 8.97. The Bertz CT molecular complexity index is 1020. The van der Waals surface area contributed by atoms with Crippen LogP contribution < -0.4 is 10.6 Å². The van der Waals surface area contributed by atoms with Gasteiger partial charge in [-0.25, -0.2) is 9.98 Å². The lowest BCUT2D eigenvalue weighted by molar-refractivity contribution is -0.0265. The summed E-state index contributed by atoms with van der Waals surface area (Å²) in [5, 5.41) is 6.96. The highest BCUT2D eigenvalue weighted by Gasteiger charge is 2.27. The summed E-state index contributed by atoms with van der Waals surface area (Å²) in [6, 6.07) is 17.3. The van der Waals surface area contributed by atoms with Crippen LogP contribution in [0.25, 0.3) is 0 Å². The molecule has 2 N–H and O–H groups in total. The van der Waals surface area contributed by atoms with Crippen molar-refractivity contribution >= 4 is 29.9 Å². The first kappa shape index (κ1) is 26.2. The first-order chi connectivity index (χ1) is 16.2. The van der Waals surface area contributed by atoms with Gasteiger partial charge in [0, 0.05) is 44.6 Å². The summed E-state index contributed by atoms with van der Waals surface area (Å²) in [6.07, 6.45) is 8.03. The largest absolute Gasteiger partial charge is 0.373 e. The van der Waals surface area contributed by atoms with Crippen LogP contribution in [0.2, 0.25) is 0 Å². The smallest absolute Gasteiger partial charge is 0.191 e. The molecule has 34 heavy (non-hydrogen) atoms. The third-order valence-electron chi connectivity index (χ3n) is 6.06. The van der Waals surface area contributed by atoms with Gasteiger partial charge in [-0.15, -0.1) is 24.0 Å². The maximum Gasteiger partial charge on any atom is 0.191 e. The molecule has 2 aromatic carbocycles. The van der Waals surface area contributed by atoms with E-state index in [1.807, 2.05) is 18.7 Å². The molecule has 0 saturated carbocycles. The highest BCUT2D eigenvalue weighted by Crippen LogP contribution is 2.33. The van der Waals surface area contributed by atoms with Crippen molar-refractivity contribution in [3.63, 3.8) is 0 Å². The number of aryl methyl sites for hydroxylation is 1. The van der Waals surface area contributed by atoms with Crippen LogP contribution >= 0.6 is 24.0 Å². The van der Waals surface area contributed by atoms with Gasteiger partial charge in [0.1, 0.15) is 0 Å². The van der Waals surface area contributed by atoms with Crippen molar-refractivity contribution in [3.05, 3.63) is 89.5 Å². The van der Waals surface area contributed by atoms with Gasteiger partial charge < -0.3 is 19.9 Å². The van der Waals surface area contributed by atoms with Crippen LogP contribution in [0.5, 0.6) is 0 Å². The summed E-state index contributed by atoms with van der Waals surface area (Å²) in [5.41, 5.74) is 4.99. The monoisotopic (exact) mass is 573 g/mol. The van der Waals surface area contributed by atoms with Crippen molar-refractivity contribution in [3.8, 4) is 0 Å². The number of guanidine groups is 1. The van der Waals surface area contributed by atoms with Gasteiger partial charge >= 0.3 is 0 Å². The van der Waals surface area contributed by atoms with Gasteiger partial charge in [0.05, 0.1) is 19.0 Å². The number of aliphatic imine (C=N–C) groups is 1. The number of nitrogens with zero attached hydrogens (tertiary/aromatic N) is 3. The van der Waals surface area contributed by atoms with E-state index in [4.69, 9.17) is 9.73 Å². The van der Waals surface area contributed by atoms with E-state index >= 15 is 0 Å². The Hall–Kier alpha value is -2.39. The molecule has 4 rings (SSSR count). The Morgan fingerprint density at radius 2 is 1.97 bits per heavy atom. The van der Waals surface area contributed by atoms with Crippen molar-refractivity contribution in [1.82, 2.24) is 20.2 Å². The number of hydrogen-bond donors (Lipinski definition) is 2. The Balaban J connectivity index is 0.00000324. The van der Waals surface area contributed by atoms with Crippen LogP contribution in [0.4, 0.5) is 0 Å². The fourth-order valence-corrected chi connectivity index (χ4v) is 4.33. The van der Waals surface area contributed by atoms with Crippen LogP contribution in [0.3, 0.4) is 0 Å². The molecule has 0 spiro atoms. The number of halogens is 1. The molecule has 1 fully saturated rings. The van der Waals surface area contributed by atoms with Crippen LogP contribution in [0, 0.1) is 12.8 Å². The third-order valence-corrected chi connectivity index (χ3v) is 6.06. The first-order valence-corrected chi connectivity index (χ1v) is 11.9. The molecule has 7 heteroatoms. The lowest BCUT2D eigenvalue weighted by atomic mass is 9.89. The van der Waals surface area contributed by atoms with Gasteiger partial charge in [0.2, 0.25) is 0 Å². The molecule has 2 heterocycles. The number of imidazole rings is 1. The predicted molar refractivity (Wildman–Crippen MR) is 149 cm³/mol. The molecular weight excluding hydrogens is 537 g/mol. The SMILES string of the molecule is CCNC(=NCc1cccc(Cn2ccnc2)c1)NCC1CCCOC1c1ccc(C)cc1.I. The minimum absolute atomic E-state index is 0. The summed E-state index contributed by atoms with van der Waals surface area (Å²) in [6.45, 7) is 8.17. The van der Waals surface area contributed by atoms with Crippen LogP contribution in [0.1, 0.15) is 48.1 Å². The molecule has 2 atom stereocenters. The Morgan fingerprint density at radius 1 is 1.15 bits per heavy atom. The topological polar surface area (TPSA) is 63.5 Å². The van der Waals surface area contributed by atoms with Gasteiger partial charge in [-0.2, -0.15) is 0 Å². The average molecular weight is 574 g/mol. The quantitative estimate of drug-likeness (QED) is 0.224. The molecule has 2 unspecified atom stereocenters. The van der Waals surface area contributed by atoms with Crippen LogP contribution in [-0.4, -0.2) is 35.2 Å². The van der Waals surface area contributed by atoms with E-state index in [2.05, 4.69) is 82.6 Å². The van der Waals surface area contributed by atoms with Gasteiger partial charge in [0.25, 0.3) is 0 Å². The fraction of sp³-hybridized carbons (Fsp3) is 0.407. The van der Waals surface area contributed by atoms with Gasteiger partial charge in [-0.3, -0.25) is 0 Å². The highest BCUT2D eigenvalue weighted by molar-refractivity contribution is 14.0. The number of nitrogens with one attached hydrogen (secondary N) is 2. The fourth-order valence-electron chi connectivity index (χ4n) is 4.33. The molecule has 0 bridgehead atoms. The number of aromatic nitrogens is 2. The zero-order chi connectivity index (χ0) is 22.9. The molecule has 1 aliphatic rings. The maximum atomic E-state index is 6.19. The molecule has 3 aromatic rings. The van der Waals surface area contributed by atoms with E-state index in [0.29, 0.717) is 12.5 Å². The number of rotatable bonds is 8. The summed E-state index contributed by atoms with van der Waals surface area (Å²) in [7, 11) is 0. The van der Waals surface area contributed by atoms with E-state index in [9.17, 15) is 0 Å². The molecule has 6 nitrogen and oxygen atoms in total. The second-order valence-electron chi connectivity index (χ2n) is 8.74. The second kappa shape index (κ2) is 13.5. The Labute approximate surface area is 220 Å². The van der Waals surface area contributed by atoms with Crippen molar-refractivity contribution in [1.29, 1.82) is 0 Å². The second-order valence-corrected chi connectivity index (χ2v) is 8.74. The number of benzene rings is 2. The molecule has 0 radical (unpaired) electrons. The predicted octanol–water partition coefficient (Wildman–Crippen LogP) is 5.08. The van der Waals surface area contributed by atoms with Crippen LogP contribution in [-0.2, 0) is 17.8 Å². The van der Waals surface area contributed by atoms with Crippen molar-refractivity contribution < 1.29 is 4.74 Å². The number of ether oxygens (including phenoxy) is 1. The standard InChI is InChI=1S/C27H35N5O.HI/c1-3-29-27(30-17-22-6-4-7-23(16-22)19-32-14-13-28-20-32)31-18-25-8-5-15-33-26(25)24-11-9-21(2)10-12-24;/h4,6-7,9-14,16,20,25-26H,3,5,8,15,17-19H2,1-2H3,(H2,29,30,31);1H. The summed E-state index contributed by atoms with van der Waals surface area (Å²) in [5.74, 6) is 1.27. The summed E-state index contributed by atoms with van der Waals surface area (Å²) >= 11 is 0. The zero-order valence-electron chi connectivity index (χ0n) is 20.1. The Kier molecular flexibility index (Phi) is 10.4.